The minimum Gasteiger partial charge on any atom is -0.490 e. The molecule has 174 valence electrons. The highest BCUT2D eigenvalue weighted by Crippen LogP contribution is 2.29. The standard InChI is InChI=1S/C26H30N2O5/c1-3-30-25-16-20(15-21(17-27)26(29)28-18-22-8-6-12-31-22)10-11-24(25)33-14-13-32-23-9-5-4-7-19(23)2/h4-5,7,9-11,15-16,22H,3,6,8,12-14,18H2,1-2H3,(H,28,29)/b21-15+/t22-/m1/s1. The van der Waals surface area contributed by atoms with Crippen LogP contribution in [-0.4, -0.2) is 45.0 Å². The predicted molar refractivity (Wildman–Crippen MR) is 125 cm³/mol. The Balaban J connectivity index is 1.60. The summed E-state index contributed by atoms with van der Waals surface area (Å²) >= 11 is 0. The Morgan fingerprint density at radius 3 is 2.64 bits per heavy atom. The lowest BCUT2D eigenvalue weighted by atomic mass is 10.1. The highest BCUT2D eigenvalue weighted by atomic mass is 16.5. The van der Waals surface area contributed by atoms with Crippen LogP contribution in [0.5, 0.6) is 17.2 Å². The maximum absolute atomic E-state index is 12.4. The first-order valence-electron chi connectivity index (χ1n) is 11.2. The van der Waals surface area contributed by atoms with E-state index < -0.39 is 5.91 Å². The number of hydrogen-bond acceptors (Lipinski definition) is 6. The number of carbonyl (C=O) groups excluding carboxylic acids is 1. The number of nitrogens with zero attached hydrogens (tertiary/aromatic N) is 1. The molecule has 7 heteroatoms. The quantitative estimate of drug-likeness (QED) is 0.316. The summed E-state index contributed by atoms with van der Waals surface area (Å²) in [6, 6.07) is 15.1. The Morgan fingerprint density at radius 1 is 1.15 bits per heavy atom. The maximum atomic E-state index is 12.4. The van der Waals surface area contributed by atoms with Crippen molar-refractivity contribution in [1.82, 2.24) is 5.32 Å². The lowest BCUT2D eigenvalue weighted by Crippen LogP contribution is -2.32. The predicted octanol–water partition coefficient (Wildman–Crippen LogP) is 4.05. The average molecular weight is 451 g/mol. The van der Waals surface area contributed by atoms with E-state index in [1.807, 2.05) is 44.2 Å². The molecule has 1 amide bonds. The molecule has 1 saturated heterocycles. The van der Waals surface area contributed by atoms with Crippen molar-refractivity contribution in [3.63, 3.8) is 0 Å². The van der Waals surface area contributed by atoms with Crippen LogP contribution in [0.4, 0.5) is 0 Å². The molecule has 1 heterocycles. The number of para-hydroxylation sites is 1. The number of hydrogen-bond donors (Lipinski definition) is 1. The Kier molecular flexibility index (Phi) is 9.16. The highest BCUT2D eigenvalue weighted by Gasteiger charge is 2.18. The molecule has 2 aromatic carbocycles. The number of rotatable bonds is 11. The van der Waals surface area contributed by atoms with Crippen LogP contribution >= 0.6 is 0 Å². The molecule has 0 aromatic heterocycles. The number of benzene rings is 2. The van der Waals surface area contributed by atoms with Gasteiger partial charge in [-0.3, -0.25) is 4.79 Å². The largest absolute Gasteiger partial charge is 0.490 e. The smallest absolute Gasteiger partial charge is 0.262 e. The molecule has 0 unspecified atom stereocenters. The molecular formula is C26H30N2O5. The molecule has 0 aliphatic carbocycles. The van der Waals surface area contributed by atoms with Crippen LogP contribution in [0.25, 0.3) is 6.08 Å². The van der Waals surface area contributed by atoms with Gasteiger partial charge in [0.05, 0.1) is 12.7 Å². The van der Waals surface area contributed by atoms with E-state index in [0.717, 1.165) is 24.2 Å². The first-order chi connectivity index (χ1) is 16.1. The van der Waals surface area contributed by atoms with Gasteiger partial charge in [0.2, 0.25) is 0 Å². The van der Waals surface area contributed by atoms with Crippen molar-refractivity contribution in [2.24, 2.45) is 0 Å². The summed E-state index contributed by atoms with van der Waals surface area (Å²) in [7, 11) is 0. The zero-order valence-corrected chi connectivity index (χ0v) is 19.1. The highest BCUT2D eigenvalue weighted by molar-refractivity contribution is 6.01. The third-order valence-corrected chi connectivity index (χ3v) is 5.15. The summed E-state index contributed by atoms with van der Waals surface area (Å²) < 4.78 is 22.8. The van der Waals surface area contributed by atoms with Gasteiger partial charge in [0.25, 0.3) is 5.91 Å². The van der Waals surface area contributed by atoms with E-state index in [9.17, 15) is 10.1 Å². The molecule has 33 heavy (non-hydrogen) atoms. The third kappa shape index (κ3) is 7.26. The van der Waals surface area contributed by atoms with E-state index in [1.165, 1.54) is 0 Å². The number of ether oxygens (including phenoxy) is 4. The number of nitrogens with one attached hydrogen (secondary N) is 1. The summed E-state index contributed by atoms with van der Waals surface area (Å²) in [5.41, 5.74) is 1.76. The van der Waals surface area contributed by atoms with Crippen LogP contribution in [0, 0.1) is 18.3 Å². The molecular weight excluding hydrogens is 420 g/mol. The normalized spacial score (nSPS) is 15.5. The minimum atomic E-state index is -0.417. The molecule has 3 rings (SSSR count). The second-order valence-electron chi connectivity index (χ2n) is 7.62. The average Bonchev–Trinajstić information content (AvgIpc) is 3.35. The SMILES string of the molecule is CCOc1cc(/C=C(\C#N)C(=O)NC[C@H]2CCCO2)ccc1OCCOc1ccccc1C. The van der Waals surface area contributed by atoms with Crippen LogP contribution in [-0.2, 0) is 9.53 Å². The van der Waals surface area contributed by atoms with Gasteiger partial charge in [0.15, 0.2) is 11.5 Å². The van der Waals surface area contributed by atoms with Gasteiger partial charge in [-0.2, -0.15) is 5.26 Å². The molecule has 7 nitrogen and oxygen atoms in total. The van der Waals surface area contributed by atoms with Crippen molar-refractivity contribution >= 4 is 12.0 Å². The van der Waals surface area contributed by atoms with Gasteiger partial charge >= 0.3 is 0 Å². The van der Waals surface area contributed by atoms with Crippen molar-refractivity contribution in [2.45, 2.75) is 32.8 Å². The maximum Gasteiger partial charge on any atom is 0.262 e. The van der Waals surface area contributed by atoms with E-state index in [2.05, 4.69) is 5.32 Å². The molecule has 0 spiro atoms. The van der Waals surface area contributed by atoms with Gasteiger partial charge in [-0.15, -0.1) is 0 Å². The van der Waals surface area contributed by atoms with Crippen LogP contribution < -0.4 is 19.5 Å². The zero-order chi connectivity index (χ0) is 23.5. The van der Waals surface area contributed by atoms with Crippen molar-refractivity contribution in [2.75, 3.05) is 33.0 Å². The fourth-order valence-corrected chi connectivity index (χ4v) is 3.45. The van der Waals surface area contributed by atoms with Crippen LogP contribution in [0.15, 0.2) is 48.0 Å². The van der Waals surface area contributed by atoms with Crippen molar-refractivity contribution in [1.29, 1.82) is 5.26 Å². The van der Waals surface area contributed by atoms with Crippen LogP contribution in [0.2, 0.25) is 0 Å². The van der Waals surface area contributed by atoms with Crippen molar-refractivity contribution in [3.05, 3.63) is 59.2 Å². The second kappa shape index (κ2) is 12.5. The lowest BCUT2D eigenvalue weighted by Gasteiger charge is -2.14. The fourth-order valence-electron chi connectivity index (χ4n) is 3.45. The summed E-state index contributed by atoms with van der Waals surface area (Å²) in [5.74, 6) is 1.52. The molecule has 1 atom stereocenters. The summed E-state index contributed by atoms with van der Waals surface area (Å²) in [6.07, 6.45) is 3.47. The molecule has 2 aromatic rings. The Labute approximate surface area is 194 Å². The molecule has 0 saturated carbocycles. The minimum absolute atomic E-state index is 0.0182. The van der Waals surface area contributed by atoms with E-state index in [0.29, 0.717) is 50.0 Å². The molecule has 1 aliphatic heterocycles. The van der Waals surface area contributed by atoms with E-state index in [1.54, 1.807) is 24.3 Å². The van der Waals surface area contributed by atoms with Crippen LogP contribution in [0.3, 0.4) is 0 Å². The zero-order valence-electron chi connectivity index (χ0n) is 19.1. The van der Waals surface area contributed by atoms with Gasteiger partial charge in [-0.05, 0) is 62.1 Å². The fraction of sp³-hybridized carbons (Fsp3) is 0.385. The Morgan fingerprint density at radius 2 is 1.94 bits per heavy atom. The first-order valence-corrected chi connectivity index (χ1v) is 11.2. The summed E-state index contributed by atoms with van der Waals surface area (Å²) in [6.45, 7) is 6.19. The molecule has 1 N–H and O–H groups in total. The van der Waals surface area contributed by atoms with Gasteiger partial charge < -0.3 is 24.3 Å². The van der Waals surface area contributed by atoms with Gasteiger partial charge in [0, 0.05) is 13.2 Å². The van der Waals surface area contributed by atoms with Crippen LogP contribution in [0.1, 0.15) is 30.9 Å². The molecule has 1 fully saturated rings. The van der Waals surface area contributed by atoms with E-state index in [4.69, 9.17) is 18.9 Å². The molecule has 1 aliphatic rings. The monoisotopic (exact) mass is 450 g/mol. The third-order valence-electron chi connectivity index (χ3n) is 5.15. The number of aryl methyl sites for hydroxylation is 1. The van der Waals surface area contributed by atoms with Crippen molar-refractivity contribution in [3.8, 4) is 23.3 Å². The van der Waals surface area contributed by atoms with E-state index in [-0.39, 0.29) is 11.7 Å². The van der Waals surface area contributed by atoms with Gasteiger partial charge in [0.1, 0.15) is 30.6 Å². The van der Waals surface area contributed by atoms with E-state index >= 15 is 0 Å². The summed E-state index contributed by atoms with van der Waals surface area (Å²) in [5, 5.41) is 12.2. The lowest BCUT2D eigenvalue weighted by molar-refractivity contribution is -0.117. The van der Waals surface area contributed by atoms with Crippen molar-refractivity contribution < 1.29 is 23.7 Å². The molecule has 0 radical (unpaired) electrons. The topological polar surface area (TPSA) is 89.8 Å². The van der Waals surface area contributed by atoms with Gasteiger partial charge in [-0.1, -0.05) is 24.3 Å². The van der Waals surface area contributed by atoms with Gasteiger partial charge in [-0.25, -0.2) is 0 Å². The summed E-state index contributed by atoms with van der Waals surface area (Å²) in [4.78, 5) is 12.4. The number of carbonyl (C=O) groups is 1. The molecule has 0 bridgehead atoms. The Bertz CT molecular complexity index is 1010. The number of amides is 1. The Hall–Kier alpha value is -3.50. The second-order valence-corrected chi connectivity index (χ2v) is 7.62. The first kappa shape index (κ1) is 24.1. The number of nitriles is 1.